The molecule has 0 unspecified atom stereocenters. The van der Waals surface area contributed by atoms with Gasteiger partial charge in [0.2, 0.25) is 0 Å². The van der Waals surface area contributed by atoms with Crippen LogP contribution in [0.1, 0.15) is 18.9 Å². The second kappa shape index (κ2) is 5.31. The van der Waals surface area contributed by atoms with Gasteiger partial charge in [-0.3, -0.25) is 0 Å². The summed E-state index contributed by atoms with van der Waals surface area (Å²) in [7, 11) is 0. The molecule has 1 aliphatic heterocycles. The standard InChI is InChI=1S/C13H13ClO4/c1-2-9(13(15)16)5-8-6-10(14)12-11(7-8)17-3-4-18-12/h5-7H,2-4H2,1H3,(H,15,16)/b9-5+. The van der Waals surface area contributed by atoms with Crippen LogP contribution >= 0.6 is 11.6 Å². The normalized spacial score (nSPS) is 14.4. The van der Waals surface area contributed by atoms with Crippen molar-refractivity contribution in [1.82, 2.24) is 0 Å². The Morgan fingerprint density at radius 2 is 2.17 bits per heavy atom. The van der Waals surface area contributed by atoms with Crippen molar-refractivity contribution in [3.8, 4) is 11.5 Å². The number of carbonyl (C=O) groups is 1. The van der Waals surface area contributed by atoms with Crippen molar-refractivity contribution < 1.29 is 19.4 Å². The molecule has 0 aromatic heterocycles. The topological polar surface area (TPSA) is 55.8 Å². The molecule has 0 amide bonds. The summed E-state index contributed by atoms with van der Waals surface area (Å²) >= 11 is 6.07. The summed E-state index contributed by atoms with van der Waals surface area (Å²) in [6.45, 7) is 2.73. The van der Waals surface area contributed by atoms with Crippen molar-refractivity contribution in [3.63, 3.8) is 0 Å². The number of ether oxygens (including phenoxy) is 2. The zero-order valence-electron chi connectivity index (χ0n) is 9.90. The Morgan fingerprint density at radius 1 is 1.44 bits per heavy atom. The Balaban J connectivity index is 2.41. The van der Waals surface area contributed by atoms with Crippen LogP contribution in [-0.2, 0) is 4.79 Å². The maximum absolute atomic E-state index is 11.0. The first-order valence-corrected chi connectivity index (χ1v) is 6.02. The molecule has 0 spiro atoms. The highest BCUT2D eigenvalue weighted by Crippen LogP contribution is 2.38. The Hall–Kier alpha value is -1.68. The molecule has 2 rings (SSSR count). The molecule has 1 aromatic carbocycles. The number of fused-ring (bicyclic) bond motifs is 1. The molecule has 0 radical (unpaired) electrons. The van der Waals surface area contributed by atoms with Crippen molar-refractivity contribution in [2.45, 2.75) is 13.3 Å². The van der Waals surface area contributed by atoms with E-state index in [1.807, 2.05) is 0 Å². The Bertz CT molecular complexity index is 508. The first-order chi connectivity index (χ1) is 8.61. The third kappa shape index (κ3) is 2.59. The highest BCUT2D eigenvalue weighted by atomic mass is 35.5. The molecule has 1 aromatic rings. The third-order valence-electron chi connectivity index (χ3n) is 2.62. The number of aliphatic carboxylic acids is 1. The molecule has 0 saturated carbocycles. The van der Waals surface area contributed by atoms with Crippen molar-refractivity contribution in [2.75, 3.05) is 13.2 Å². The van der Waals surface area contributed by atoms with E-state index in [0.717, 1.165) is 0 Å². The lowest BCUT2D eigenvalue weighted by Crippen LogP contribution is -2.15. The van der Waals surface area contributed by atoms with Crippen LogP contribution in [0.5, 0.6) is 11.5 Å². The fourth-order valence-electron chi connectivity index (χ4n) is 1.73. The predicted molar refractivity (Wildman–Crippen MR) is 68.3 cm³/mol. The third-order valence-corrected chi connectivity index (χ3v) is 2.90. The quantitative estimate of drug-likeness (QED) is 0.856. The van der Waals surface area contributed by atoms with Gasteiger partial charge >= 0.3 is 5.97 Å². The Kier molecular flexibility index (Phi) is 3.77. The molecule has 0 saturated heterocycles. The largest absolute Gasteiger partial charge is 0.486 e. The Morgan fingerprint density at radius 3 is 2.83 bits per heavy atom. The van der Waals surface area contributed by atoms with E-state index < -0.39 is 5.97 Å². The van der Waals surface area contributed by atoms with Crippen LogP contribution in [0.4, 0.5) is 0 Å². The fraction of sp³-hybridized carbons (Fsp3) is 0.308. The second-order valence-corrected chi connectivity index (χ2v) is 4.26. The van der Waals surface area contributed by atoms with E-state index in [-0.39, 0.29) is 0 Å². The molecule has 4 nitrogen and oxygen atoms in total. The minimum absolute atomic E-state index is 0.322. The predicted octanol–water partition coefficient (Wildman–Crippen LogP) is 2.99. The molecule has 1 heterocycles. The average Bonchev–Trinajstić information content (AvgIpc) is 2.35. The summed E-state index contributed by atoms with van der Waals surface area (Å²) in [5.41, 5.74) is 1.02. The monoisotopic (exact) mass is 268 g/mol. The van der Waals surface area contributed by atoms with Gasteiger partial charge in [-0.1, -0.05) is 18.5 Å². The smallest absolute Gasteiger partial charge is 0.331 e. The molecule has 0 fully saturated rings. The minimum Gasteiger partial charge on any atom is -0.486 e. The van der Waals surface area contributed by atoms with Gasteiger partial charge in [-0.05, 0) is 30.2 Å². The molecule has 0 aliphatic carbocycles. The first-order valence-electron chi connectivity index (χ1n) is 5.65. The van der Waals surface area contributed by atoms with Crippen LogP contribution in [0.3, 0.4) is 0 Å². The van der Waals surface area contributed by atoms with Gasteiger partial charge in [0.1, 0.15) is 13.2 Å². The second-order valence-electron chi connectivity index (χ2n) is 3.86. The molecular formula is C13H13ClO4. The molecule has 96 valence electrons. The molecule has 18 heavy (non-hydrogen) atoms. The maximum Gasteiger partial charge on any atom is 0.331 e. The molecular weight excluding hydrogens is 256 g/mol. The first kappa shape index (κ1) is 12.8. The van der Waals surface area contributed by atoms with Gasteiger partial charge in [0.05, 0.1) is 5.02 Å². The van der Waals surface area contributed by atoms with Crippen LogP contribution in [0.2, 0.25) is 5.02 Å². The van der Waals surface area contributed by atoms with Gasteiger partial charge in [-0.2, -0.15) is 0 Å². The zero-order chi connectivity index (χ0) is 13.1. The number of hydrogen-bond donors (Lipinski definition) is 1. The fourth-order valence-corrected chi connectivity index (χ4v) is 2.00. The number of carboxylic acid groups (broad SMARTS) is 1. The highest BCUT2D eigenvalue weighted by Gasteiger charge is 2.16. The SMILES string of the molecule is CC/C(=C\c1cc(Cl)c2c(c1)OCCO2)C(=O)O. The van der Waals surface area contributed by atoms with Gasteiger partial charge in [-0.25, -0.2) is 4.79 Å². The average molecular weight is 269 g/mol. The number of benzene rings is 1. The van der Waals surface area contributed by atoms with Crippen LogP contribution in [-0.4, -0.2) is 24.3 Å². The number of hydrogen-bond acceptors (Lipinski definition) is 3. The van der Waals surface area contributed by atoms with Gasteiger partial charge in [0.25, 0.3) is 0 Å². The minimum atomic E-state index is -0.927. The van der Waals surface area contributed by atoms with Gasteiger partial charge in [-0.15, -0.1) is 0 Å². The van der Waals surface area contributed by atoms with E-state index in [9.17, 15) is 4.79 Å². The van der Waals surface area contributed by atoms with Crippen LogP contribution < -0.4 is 9.47 Å². The van der Waals surface area contributed by atoms with E-state index in [4.69, 9.17) is 26.2 Å². The zero-order valence-corrected chi connectivity index (χ0v) is 10.7. The van der Waals surface area contributed by atoms with Crippen molar-refractivity contribution in [2.24, 2.45) is 0 Å². The lowest BCUT2D eigenvalue weighted by molar-refractivity contribution is -0.132. The summed E-state index contributed by atoms with van der Waals surface area (Å²) < 4.78 is 10.8. The van der Waals surface area contributed by atoms with Crippen molar-refractivity contribution in [3.05, 3.63) is 28.3 Å². The molecule has 1 aliphatic rings. The van der Waals surface area contributed by atoms with E-state index in [1.165, 1.54) is 0 Å². The van der Waals surface area contributed by atoms with Crippen LogP contribution in [0.25, 0.3) is 6.08 Å². The Labute approximate surface area is 110 Å². The lowest BCUT2D eigenvalue weighted by atomic mass is 10.1. The molecule has 0 bridgehead atoms. The van der Waals surface area contributed by atoms with Gasteiger partial charge in [0, 0.05) is 5.57 Å². The number of carboxylic acids is 1. The number of halogens is 1. The summed E-state index contributed by atoms with van der Waals surface area (Å²) in [5, 5.41) is 9.41. The molecule has 5 heteroatoms. The summed E-state index contributed by atoms with van der Waals surface area (Å²) in [4.78, 5) is 11.0. The molecule has 0 atom stereocenters. The summed E-state index contributed by atoms with van der Waals surface area (Å²) in [6, 6.07) is 3.41. The van der Waals surface area contributed by atoms with Gasteiger partial charge < -0.3 is 14.6 Å². The summed E-state index contributed by atoms with van der Waals surface area (Å²) in [6.07, 6.45) is 2.04. The molecule has 1 N–H and O–H groups in total. The van der Waals surface area contributed by atoms with Crippen LogP contribution in [0, 0.1) is 0 Å². The summed E-state index contributed by atoms with van der Waals surface area (Å²) in [5.74, 6) is 0.151. The van der Waals surface area contributed by atoms with Crippen LogP contribution in [0.15, 0.2) is 17.7 Å². The van der Waals surface area contributed by atoms with E-state index in [0.29, 0.717) is 47.3 Å². The van der Waals surface area contributed by atoms with E-state index in [2.05, 4.69) is 0 Å². The van der Waals surface area contributed by atoms with E-state index in [1.54, 1.807) is 25.1 Å². The van der Waals surface area contributed by atoms with Crippen molar-refractivity contribution >= 4 is 23.6 Å². The van der Waals surface area contributed by atoms with E-state index >= 15 is 0 Å². The highest BCUT2D eigenvalue weighted by molar-refractivity contribution is 6.32. The van der Waals surface area contributed by atoms with Crippen molar-refractivity contribution in [1.29, 1.82) is 0 Å². The maximum atomic E-state index is 11.0. The number of rotatable bonds is 3. The lowest BCUT2D eigenvalue weighted by Gasteiger charge is -2.19. The van der Waals surface area contributed by atoms with Gasteiger partial charge in [0.15, 0.2) is 11.5 Å².